The van der Waals surface area contributed by atoms with Gasteiger partial charge in [-0.25, -0.2) is 0 Å². The van der Waals surface area contributed by atoms with Crippen molar-refractivity contribution in [2.24, 2.45) is 0 Å². The third-order valence-electron chi connectivity index (χ3n) is 16.7. The number of benzene rings is 11. The third-order valence-corrected chi connectivity index (χ3v) is 16.7. The van der Waals surface area contributed by atoms with Crippen LogP contribution in [0.1, 0.15) is 67.2 Å². The van der Waals surface area contributed by atoms with Gasteiger partial charge < -0.3 is 9.47 Å². The smallest absolute Gasteiger partial charge is 0.0541 e. The first-order chi connectivity index (χ1) is 36.6. The number of aromatic nitrogens is 1. The fourth-order valence-electron chi connectivity index (χ4n) is 13.0. The van der Waals surface area contributed by atoms with Gasteiger partial charge in [0.05, 0.1) is 16.7 Å². The Hall–Kier alpha value is -8.72. The minimum Gasteiger partial charge on any atom is -0.310 e. The summed E-state index contributed by atoms with van der Waals surface area (Å²) < 4.78 is 2.39. The van der Waals surface area contributed by atoms with Crippen molar-refractivity contribution >= 4 is 49.6 Å². The molecule has 0 bridgehead atoms. The highest BCUT2D eigenvalue weighted by Gasteiger charge is 2.40. The molecule has 74 heavy (non-hydrogen) atoms. The zero-order valence-electron chi connectivity index (χ0n) is 41.8. The number of anilines is 3. The molecule has 2 nitrogen and oxygen atoms in total. The summed E-state index contributed by atoms with van der Waals surface area (Å²) in [5, 5.41) is 5.21. The SMILES string of the molecule is CC1(c2ccccc2)c2ccccc2-c2ccc(-c3ccc(N(c4ccc(-c5ccc6c(c5)c5ccccc5n6-c5ccccc5)cc4)c4ccccc4-c4cccc5cccc(C6CCCCC6)c45)cc3)cc21. The summed E-state index contributed by atoms with van der Waals surface area (Å²) in [5.41, 5.74) is 22.2. The van der Waals surface area contributed by atoms with Gasteiger partial charge in [-0.05, 0) is 164 Å². The highest BCUT2D eigenvalue weighted by molar-refractivity contribution is 6.10. The minimum atomic E-state index is -0.263. The standard InChI is InChI=1S/C72H56N2/c1-72(55-23-7-3-8-24-55)66-32-14-11-27-60(66)61-45-39-54(48-67(61)72)50-37-43-58(44-38-50)73(68-33-15-12-28-62(68)64-31-18-22-52-21-17-30-59(71(52)64)51-19-5-2-6-20-51)57-41-35-49(36-42-57)53-40-46-70-65(47-53)63-29-13-16-34-69(63)74(70)56-25-9-4-10-26-56/h3-4,7-18,21-48,51H,2,5-6,19-20H2,1H3. The van der Waals surface area contributed by atoms with Crippen LogP contribution in [0.15, 0.2) is 255 Å². The van der Waals surface area contributed by atoms with Crippen molar-refractivity contribution < 1.29 is 0 Å². The summed E-state index contributed by atoms with van der Waals surface area (Å²) in [7, 11) is 0. The van der Waals surface area contributed by atoms with E-state index in [-0.39, 0.29) is 5.41 Å². The van der Waals surface area contributed by atoms with E-state index >= 15 is 0 Å². The van der Waals surface area contributed by atoms with Crippen LogP contribution < -0.4 is 4.90 Å². The molecule has 0 amide bonds. The van der Waals surface area contributed by atoms with Gasteiger partial charge in [0, 0.05) is 38.8 Å². The molecule has 0 radical (unpaired) electrons. The second-order valence-electron chi connectivity index (χ2n) is 20.7. The van der Waals surface area contributed by atoms with Gasteiger partial charge in [0.15, 0.2) is 0 Å². The van der Waals surface area contributed by atoms with Crippen LogP contribution in [0.25, 0.3) is 82.8 Å². The Morgan fingerprint density at radius 2 is 0.973 bits per heavy atom. The van der Waals surface area contributed by atoms with Crippen LogP contribution >= 0.6 is 0 Å². The maximum atomic E-state index is 2.48. The summed E-state index contributed by atoms with van der Waals surface area (Å²) in [5.74, 6) is 0.574. The van der Waals surface area contributed by atoms with Gasteiger partial charge in [-0.15, -0.1) is 0 Å². The molecule has 0 aliphatic heterocycles. The lowest BCUT2D eigenvalue weighted by Crippen LogP contribution is -2.22. The number of para-hydroxylation sites is 3. The van der Waals surface area contributed by atoms with E-state index in [1.54, 1.807) is 0 Å². The molecule has 1 atom stereocenters. The second kappa shape index (κ2) is 18.1. The number of fused-ring (bicyclic) bond motifs is 7. The first-order valence-electron chi connectivity index (χ1n) is 26.6. The monoisotopic (exact) mass is 948 g/mol. The van der Waals surface area contributed by atoms with E-state index in [4.69, 9.17) is 0 Å². The van der Waals surface area contributed by atoms with E-state index in [1.165, 1.54) is 137 Å². The van der Waals surface area contributed by atoms with Crippen molar-refractivity contribution in [3.63, 3.8) is 0 Å². The Morgan fingerprint density at radius 3 is 1.73 bits per heavy atom. The topological polar surface area (TPSA) is 8.17 Å². The predicted octanol–water partition coefficient (Wildman–Crippen LogP) is 19.8. The first kappa shape index (κ1) is 44.0. The van der Waals surface area contributed by atoms with Crippen molar-refractivity contribution in [3.8, 4) is 50.2 Å². The van der Waals surface area contributed by atoms with Gasteiger partial charge in [0.25, 0.3) is 0 Å². The maximum Gasteiger partial charge on any atom is 0.0541 e. The van der Waals surface area contributed by atoms with Gasteiger partial charge >= 0.3 is 0 Å². The lowest BCUT2D eigenvalue weighted by Gasteiger charge is -2.29. The number of hydrogen-bond donors (Lipinski definition) is 0. The molecule has 1 heterocycles. The summed E-state index contributed by atoms with van der Waals surface area (Å²) in [4.78, 5) is 2.48. The average Bonchev–Trinajstić information content (AvgIpc) is 3.95. The Morgan fingerprint density at radius 1 is 0.405 bits per heavy atom. The van der Waals surface area contributed by atoms with Crippen LogP contribution in [-0.4, -0.2) is 4.57 Å². The quantitative estimate of drug-likeness (QED) is 0.140. The molecule has 2 aliphatic carbocycles. The zero-order valence-corrected chi connectivity index (χ0v) is 41.8. The summed E-state index contributed by atoms with van der Waals surface area (Å²) >= 11 is 0. The van der Waals surface area contributed by atoms with Gasteiger partial charge in [-0.1, -0.05) is 207 Å². The van der Waals surface area contributed by atoms with E-state index in [0.29, 0.717) is 5.92 Å². The lowest BCUT2D eigenvalue weighted by molar-refractivity contribution is 0.445. The van der Waals surface area contributed by atoms with Gasteiger partial charge in [-0.3, -0.25) is 0 Å². The molecule has 2 aliphatic rings. The Bertz CT molecular complexity index is 4040. The Balaban J connectivity index is 0.893. The van der Waals surface area contributed by atoms with Crippen LogP contribution in [-0.2, 0) is 5.41 Å². The molecule has 0 saturated heterocycles. The second-order valence-corrected chi connectivity index (χ2v) is 20.7. The van der Waals surface area contributed by atoms with Crippen LogP contribution in [0.2, 0.25) is 0 Å². The van der Waals surface area contributed by atoms with Crippen LogP contribution in [0.5, 0.6) is 0 Å². The van der Waals surface area contributed by atoms with Crippen molar-refractivity contribution in [1.29, 1.82) is 0 Å². The molecule has 1 saturated carbocycles. The van der Waals surface area contributed by atoms with E-state index in [1.807, 2.05) is 0 Å². The summed E-state index contributed by atoms with van der Waals surface area (Å²) in [6.45, 7) is 2.40. The number of nitrogens with zero attached hydrogens (tertiary/aromatic N) is 2. The Labute approximate surface area is 434 Å². The Kier molecular flexibility index (Phi) is 10.8. The molecule has 0 spiro atoms. The van der Waals surface area contributed by atoms with Crippen molar-refractivity contribution in [2.75, 3.05) is 4.90 Å². The molecule has 1 unspecified atom stereocenters. The third kappa shape index (κ3) is 7.23. The number of rotatable bonds is 9. The van der Waals surface area contributed by atoms with E-state index < -0.39 is 0 Å². The molecule has 1 fully saturated rings. The van der Waals surface area contributed by atoms with Crippen molar-refractivity contribution in [1.82, 2.24) is 4.57 Å². The van der Waals surface area contributed by atoms with E-state index in [2.05, 4.69) is 271 Å². The van der Waals surface area contributed by atoms with Crippen molar-refractivity contribution in [2.45, 2.75) is 50.4 Å². The van der Waals surface area contributed by atoms with E-state index in [0.717, 1.165) is 17.1 Å². The van der Waals surface area contributed by atoms with E-state index in [9.17, 15) is 0 Å². The normalized spacial score (nSPS) is 15.4. The molecule has 12 aromatic rings. The fourth-order valence-corrected chi connectivity index (χ4v) is 13.0. The first-order valence-corrected chi connectivity index (χ1v) is 26.6. The van der Waals surface area contributed by atoms with Gasteiger partial charge in [0.1, 0.15) is 0 Å². The molecule has 1 aromatic heterocycles. The van der Waals surface area contributed by atoms with Crippen LogP contribution in [0.3, 0.4) is 0 Å². The minimum absolute atomic E-state index is 0.263. The molecule has 14 rings (SSSR count). The maximum absolute atomic E-state index is 2.48. The molecule has 11 aromatic carbocycles. The summed E-state index contributed by atoms with van der Waals surface area (Å²) in [6.07, 6.45) is 6.45. The highest BCUT2D eigenvalue weighted by Crippen LogP contribution is 2.53. The average molecular weight is 949 g/mol. The molecule has 0 N–H and O–H groups in total. The molecular weight excluding hydrogens is 893 g/mol. The highest BCUT2D eigenvalue weighted by atomic mass is 15.1. The van der Waals surface area contributed by atoms with Gasteiger partial charge in [-0.2, -0.15) is 0 Å². The van der Waals surface area contributed by atoms with Crippen LogP contribution in [0, 0.1) is 0 Å². The van der Waals surface area contributed by atoms with Crippen LogP contribution in [0.4, 0.5) is 17.1 Å². The molecule has 354 valence electrons. The fraction of sp³-hybridized carbons (Fsp3) is 0.111. The zero-order chi connectivity index (χ0) is 49.2. The molecule has 2 heteroatoms. The summed E-state index contributed by atoms with van der Waals surface area (Å²) in [6, 6.07) is 95.1. The number of hydrogen-bond acceptors (Lipinski definition) is 1. The predicted molar refractivity (Wildman–Crippen MR) is 313 cm³/mol. The molecular formula is C72H56N2. The largest absolute Gasteiger partial charge is 0.310 e. The van der Waals surface area contributed by atoms with Gasteiger partial charge in [0.2, 0.25) is 0 Å². The van der Waals surface area contributed by atoms with Crippen molar-refractivity contribution in [3.05, 3.63) is 277 Å². The lowest BCUT2D eigenvalue weighted by atomic mass is 9.74.